The van der Waals surface area contributed by atoms with Crippen LogP contribution in [0.15, 0.2) is 11.6 Å². The first-order valence-corrected chi connectivity index (χ1v) is 4.19. The molecule has 0 aromatic heterocycles. The maximum absolute atomic E-state index is 11.2. The molecule has 0 aromatic carbocycles. The second-order valence-corrected chi connectivity index (χ2v) is 3.90. The van der Waals surface area contributed by atoms with Gasteiger partial charge in [-0.15, -0.1) is 0 Å². The van der Waals surface area contributed by atoms with Crippen LogP contribution in [0, 0.1) is 0 Å². The summed E-state index contributed by atoms with van der Waals surface area (Å²) in [7, 11) is 0. The molecule has 0 heterocycles. The van der Waals surface area contributed by atoms with Crippen LogP contribution in [-0.2, 0) is 9.53 Å². The van der Waals surface area contributed by atoms with E-state index in [0.29, 0.717) is 6.42 Å². The Labute approximate surface area is 74.6 Å². The Balaban J connectivity index is 3.92. The first kappa shape index (κ1) is 11.2. The van der Waals surface area contributed by atoms with Crippen molar-refractivity contribution in [2.45, 2.75) is 46.6 Å². The van der Waals surface area contributed by atoms with Crippen LogP contribution in [-0.4, -0.2) is 11.6 Å². The number of ether oxygens (including phenoxy) is 1. The van der Waals surface area contributed by atoms with Gasteiger partial charge < -0.3 is 4.74 Å². The van der Waals surface area contributed by atoms with Crippen molar-refractivity contribution in [3.63, 3.8) is 0 Å². The molecule has 0 radical (unpaired) electrons. The fourth-order valence-corrected chi connectivity index (χ4v) is 0.707. The number of hydrogen-bond donors (Lipinski definition) is 0. The topological polar surface area (TPSA) is 26.3 Å². The lowest BCUT2D eigenvalue weighted by Crippen LogP contribution is -2.23. The predicted octanol–water partition coefficient (Wildman–Crippen LogP) is 2.68. The lowest BCUT2D eigenvalue weighted by molar-refractivity contribution is -0.153. The molecule has 0 aliphatic carbocycles. The van der Waals surface area contributed by atoms with Gasteiger partial charge in [-0.05, 0) is 34.6 Å². The van der Waals surface area contributed by atoms with Crippen LogP contribution in [0.3, 0.4) is 0 Å². The van der Waals surface area contributed by atoms with Crippen LogP contribution in [0.25, 0.3) is 0 Å². The van der Waals surface area contributed by atoms with Crippen molar-refractivity contribution in [1.82, 2.24) is 0 Å². The third kappa shape index (κ3) is 5.96. The molecule has 0 aliphatic heterocycles. The van der Waals surface area contributed by atoms with Gasteiger partial charge in [0.05, 0.1) is 6.42 Å². The zero-order valence-electron chi connectivity index (χ0n) is 8.60. The minimum Gasteiger partial charge on any atom is -0.460 e. The first-order chi connectivity index (χ1) is 5.35. The zero-order valence-corrected chi connectivity index (χ0v) is 8.60. The summed E-state index contributed by atoms with van der Waals surface area (Å²) in [5, 5.41) is 0. The summed E-state index contributed by atoms with van der Waals surface area (Å²) >= 11 is 0. The quantitative estimate of drug-likeness (QED) is 0.470. The van der Waals surface area contributed by atoms with E-state index in [4.69, 9.17) is 4.74 Å². The molecule has 0 saturated heterocycles. The minimum atomic E-state index is -0.370. The number of esters is 1. The molecular formula is C10H18O2. The van der Waals surface area contributed by atoms with E-state index in [0.717, 1.165) is 5.57 Å². The SMILES string of the molecule is C/C=C(\C)CC(=O)OC(C)(C)C. The molecule has 0 unspecified atom stereocenters. The largest absolute Gasteiger partial charge is 0.460 e. The smallest absolute Gasteiger partial charge is 0.310 e. The second kappa shape index (κ2) is 4.29. The van der Waals surface area contributed by atoms with Crippen LogP contribution in [0.2, 0.25) is 0 Å². The minimum absolute atomic E-state index is 0.155. The summed E-state index contributed by atoms with van der Waals surface area (Å²) < 4.78 is 5.13. The molecule has 2 nitrogen and oxygen atoms in total. The molecule has 70 valence electrons. The molecule has 0 saturated carbocycles. The molecule has 0 spiro atoms. The van der Waals surface area contributed by atoms with Crippen molar-refractivity contribution in [3.8, 4) is 0 Å². The molecule has 12 heavy (non-hydrogen) atoms. The van der Waals surface area contributed by atoms with E-state index in [1.54, 1.807) is 0 Å². The summed E-state index contributed by atoms with van der Waals surface area (Å²) in [6.07, 6.45) is 2.32. The van der Waals surface area contributed by atoms with E-state index < -0.39 is 0 Å². The van der Waals surface area contributed by atoms with E-state index in [-0.39, 0.29) is 11.6 Å². The predicted molar refractivity (Wildman–Crippen MR) is 49.9 cm³/mol. The van der Waals surface area contributed by atoms with Crippen LogP contribution in [0.4, 0.5) is 0 Å². The van der Waals surface area contributed by atoms with Gasteiger partial charge in [0.25, 0.3) is 0 Å². The van der Waals surface area contributed by atoms with Gasteiger partial charge in [-0.25, -0.2) is 0 Å². The standard InChI is InChI=1S/C10H18O2/c1-6-8(2)7-9(11)12-10(3,4)5/h6H,7H2,1-5H3/b8-6+. The second-order valence-electron chi connectivity index (χ2n) is 3.90. The lowest BCUT2D eigenvalue weighted by Gasteiger charge is -2.19. The fourth-order valence-electron chi connectivity index (χ4n) is 0.707. The normalized spacial score (nSPS) is 12.9. The Morgan fingerprint density at radius 2 is 1.92 bits per heavy atom. The van der Waals surface area contributed by atoms with Crippen LogP contribution < -0.4 is 0 Å². The third-order valence-corrected chi connectivity index (χ3v) is 1.34. The average molecular weight is 170 g/mol. The highest BCUT2D eigenvalue weighted by Gasteiger charge is 2.15. The molecule has 0 amide bonds. The van der Waals surface area contributed by atoms with Gasteiger partial charge in [0, 0.05) is 0 Å². The Kier molecular flexibility index (Phi) is 4.01. The Morgan fingerprint density at radius 3 is 2.25 bits per heavy atom. The van der Waals surface area contributed by atoms with Gasteiger partial charge in [0.1, 0.15) is 5.60 Å². The Bertz CT molecular complexity index is 185. The van der Waals surface area contributed by atoms with Gasteiger partial charge in [-0.3, -0.25) is 4.79 Å². The molecule has 0 N–H and O–H groups in total. The Hall–Kier alpha value is -0.790. The average Bonchev–Trinajstić information content (AvgIpc) is 1.82. The summed E-state index contributed by atoms with van der Waals surface area (Å²) in [5.41, 5.74) is 0.676. The van der Waals surface area contributed by atoms with Gasteiger partial charge in [0.2, 0.25) is 0 Å². The van der Waals surface area contributed by atoms with E-state index in [1.807, 2.05) is 40.7 Å². The van der Waals surface area contributed by atoms with Gasteiger partial charge in [0.15, 0.2) is 0 Å². The molecular weight excluding hydrogens is 152 g/mol. The zero-order chi connectivity index (χ0) is 9.78. The molecule has 0 rings (SSSR count). The molecule has 0 atom stereocenters. The highest BCUT2D eigenvalue weighted by molar-refractivity contribution is 5.72. The highest BCUT2D eigenvalue weighted by Crippen LogP contribution is 2.10. The summed E-state index contributed by atoms with van der Waals surface area (Å²) in [4.78, 5) is 11.2. The lowest BCUT2D eigenvalue weighted by atomic mass is 10.2. The molecule has 0 bridgehead atoms. The number of allylic oxidation sites excluding steroid dienone is 1. The van der Waals surface area contributed by atoms with Crippen molar-refractivity contribution in [3.05, 3.63) is 11.6 Å². The van der Waals surface area contributed by atoms with E-state index >= 15 is 0 Å². The molecule has 0 aliphatic rings. The van der Waals surface area contributed by atoms with Gasteiger partial charge in [-0.2, -0.15) is 0 Å². The van der Waals surface area contributed by atoms with E-state index in [2.05, 4.69) is 0 Å². The van der Waals surface area contributed by atoms with Gasteiger partial charge in [-0.1, -0.05) is 11.6 Å². The molecule has 0 aromatic rings. The molecule has 2 heteroatoms. The maximum Gasteiger partial charge on any atom is 0.310 e. The van der Waals surface area contributed by atoms with Crippen molar-refractivity contribution < 1.29 is 9.53 Å². The number of hydrogen-bond acceptors (Lipinski definition) is 2. The van der Waals surface area contributed by atoms with E-state index in [9.17, 15) is 4.79 Å². The van der Waals surface area contributed by atoms with Crippen LogP contribution in [0.1, 0.15) is 41.0 Å². The monoisotopic (exact) mass is 170 g/mol. The first-order valence-electron chi connectivity index (χ1n) is 4.19. The fraction of sp³-hybridized carbons (Fsp3) is 0.700. The van der Waals surface area contributed by atoms with Crippen molar-refractivity contribution in [2.75, 3.05) is 0 Å². The van der Waals surface area contributed by atoms with Crippen molar-refractivity contribution in [2.24, 2.45) is 0 Å². The van der Waals surface area contributed by atoms with Crippen molar-refractivity contribution >= 4 is 5.97 Å². The van der Waals surface area contributed by atoms with Crippen LogP contribution >= 0.6 is 0 Å². The van der Waals surface area contributed by atoms with E-state index in [1.165, 1.54) is 0 Å². The molecule has 0 fully saturated rings. The summed E-state index contributed by atoms with van der Waals surface area (Å²) in [6.45, 7) is 9.45. The number of rotatable bonds is 2. The number of carbonyl (C=O) groups excluding carboxylic acids is 1. The third-order valence-electron chi connectivity index (χ3n) is 1.34. The van der Waals surface area contributed by atoms with Crippen molar-refractivity contribution in [1.29, 1.82) is 0 Å². The van der Waals surface area contributed by atoms with Crippen LogP contribution in [0.5, 0.6) is 0 Å². The highest BCUT2D eigenvalue weighted by atomic mass is 16.6. The van der Waals surface area contributed by atoms with Gasteiger partial charge >= 0.3 is 5.97 Å². The summed E-state index contributed by atoms with van der Waals surface area (Å²) in [6, 6.07) is 0. The Morgan fingerprint density at radius 1 is 1.42 bits per heavy atom. The maximum atomic E-state index is 11.2. The summed E-state index contributed by atoms with van der Waals surface area (Å²) in [5.74, 6) is -0.155. The number of carbonyl (C=O) groups is 1.